The zero-order chi connectivity index (χ0) is 22.1. The molecule has 1 N–H and O–H groups in total. The summed E-state index contributed by atoms with van der Waals surface area (Å²) >= 11 is 5.78. The molecular weight excluding hydrogens is 426 g/mol. The molecule has 1 aromatic heterocycles. The van der Waals surface area contributed by atoms with Crippen LogP contribution in [0.4, 0.5) is 17.6 Å². The van der Waals surface area contributed by atoms with Crippen LogP contribution in [-0.2, 0) is 6.18 Å². The maximum atomic E-state index is 13.9. The number of benzene rings is 2. The number of amides is 1. The normalized spacial score (nSPS) is 12.5. The fourth-order valence-electron chi connectivity index (χ4n) is 2.88. The number of halogens is 5. The van der Waals surface area contributed by atoms with Gasteiger partial charge in [0.15, 0.2) is 17.3 Å². The van der Waals surface area contributed by atoms with Gasteiger partial charge in [-0.1, -0.05) is 17.7 Å². The molecule has 30 heavy (non-hydrogen) atoms. The first-order chi connectivity index (χ1) is 14.1. The molecule has 0 fully saturated rings. The number of alkyl halides is 3. The highest BCUT2D eigenvalue weighted by Gasteiger charge is 2.40. The summed E-state index contributed by atoms with van der Waals surface area (Å²) in [6.07, 6.45) is -4.01. The van der Waals surface area contributed by atoms with Gasteiger partial charge >= 0.3 is 6.18 Å². The highest BCUT2D eigenvalue weighted by molar-refractivity contribution is 6.30. The molecule has 10 heteroatoms. The van der Waals surface area contributed by atoms with Gasteiger partial charge in [0.05, 0.1) is 30.6 Å². The zero-order valence-corrected chi connectivity index (χ0v) is 16.6. The minimum Gasteiger partial charge on any atom is -0.494 e. The van der Waals surface area contributed by atoms with Crippen molar-refractivity contribution in [1.29, 1.82) is 0 Å². The van der Waals surface area contributed by atoms with Crippen LogP contribution in [-0.4, -0.2) is 22.8 Å². The Hall–Kier alpha value is -3.07. The lowest BCUT2D eigenvalue weighted by Gasteiger charge is -2.17. The standard InChI is InChI=1S/C20H16ClF4N3O2/c1-11(12-3-8-17(30-2)16(22)9-12)27-19(29)15-10-26-28(18(15)20(23,24)25)14-6-4-13(21)5-7-14/h3-11H,1-2H3,(H,27,29). The van der Waals surface area contributed by atoms with Crippen LogP contribution in [0.1, 0.15) is 34.6 Å². The smallest absolute Gasteiger partial charge is 0.434 e. The minimum atomic E-state index is -4.85. The van der Waals surface area contributed by atoms with Gasteiger partial charge in [-0.05, 0) is 48.9 Å². The van der Waals surface area contributed by atoms with Crippen LogP contribution in [0.15, 0.2) is 48.7 Å². The maximum Gasteiger partial charge on any atom is 0.434 e. The van der Waals surface area contributed by atoms with Crippen LogP contribution in [0.3, 0.4) is 0 Å². The fraction of sp³-hybridized carbons (Fsp3) is 0.200. The Kier molecular flexibility index (Phi) is 6.02. The third-order valence-electron chi connectivity index (χ3n) is 4.38. The van der Waals surface area contributed by atoms with Gasteiger partial charge in [0.1, 0.15) is 0 Å². The predicted molar refractivity (Wildman–Crippen MR) is 102 cm³/mol. The van der Waals surface area contributed by atoms with Gasteiger partial charge in [-0.25, -0.2) is 9.07 Å². The number of hydrogen-bond donors (Lipinski definition) is 1. The second-order valence-electron chi connectivity index (χ2n) is 6.38. The van der Waals surface area contributed by atoms with E-state index in [4.69, 9.17) is 16.3 Å². The third kappa shape index (κ3) is 4.40. The van der Waals surface area contributed by atoms with E-state index in [9.17, 15) is 22.4 Å². The number of nitrogens with one attached hydrogen (secondary N) is 1. The molecule has 0 aliphatic heterocycles. The maximum absolute atomic E-state index is 13.9. The van der Waals surface area contributed by atoms with Gasteiger partial charge in [0, 0.05) is 5.02 Å². The summed E-state index contributed by atoms with van der Waals surface area (Å²) in [6.45, 7) is 1.52. The van der Waals surface area contributed by atoms with E-state index in [1.807, 2.05) is 0 Å². The summed E-state index contributed by atoms with van der Waals surface area (Å²) in [5, 5.41) is 6.52. The van der Waals surface area contributed by atoms with Crippen LogP contribution in [0.2, 0.25) is 5.02 Å². The lowest BCUT2D eigenvalue weighted by molar-refractivity contribution is -0.143. The fourth-order valence-corrected chi connectivity index (χ4v) is 3.00. The van der Waals surface area contributed by atoms with E-state index in [0.29, 0.717) is 15.3 Å². The topological polar surface area (TPSA) is 56.1 Å². The number of nitrogens with zero attached hydrogens (tertiary/aromatic N) is 2. The number of carbonyl (C=O) groups excluding carboxylic acids is 1. The highest BCUT2D eigenvalue weighted by atomic mass is 35.5. The van der Waals surface area contributed by atoms with Gasteiger partial charge < -0.3 is 10.1 Å². The lowest BCUT2D eigenvalue weighted by atomic mass is 10.1. The van der Waals surface area contributed by atoms with Gasteiger partial charge in [0.2, 0.25) is 0 Å². The van der Waals surface area contributed by atoms with E-state index >= 15 is 0 Å². The number of ether oxygens (including phenoxy) is 1. The van der Waals surface area contributed by atoms with Gasteiger partial charge in [-0.3, -0.25) is 4.79 Å². The van der Waals surface area contributed by atoms with Crippen molar-refractivity contribution in [3.8, 4) is 11.4 Å². The minimum absolute atomic E-state index is 0.0147. The molecule has 1 atom stereocenters. The van der Waals surface area contributed by atoms with Gasteiger partial charge in [0.25, 0.3) is 5.91 Å². The second kappa shape index (κ2) is 8.35. The van der Waals surface area contributed by atoms with E-state index in [-0.39, 0.29) is 11.4 Å². The summed E-state index contributed by atoms with van der Waals surface area (Å²) in [5.41, 5.74) is -1.43. The molecule has 0 bridgehead atoms. The van der Waals surface area contributed by atoms with Crippen molar-refractivity contribution in [2.75, 3.05) is 7.11 Å². The van der Waals surface area contributed by atoms with Crippen molar-refractivity contribution in [2.24, 2.45) is 0 Å². The molecule has 0 aliphatic rings. The van der Waals surface area contributed by atoms with Crippen molar-refractivity contribution in [3.05, 3.63) is 76.3 Å². The van der Waals surface area contributed by atoms with E-state index in [1.165, 1.54) is 50.4 Å². The Labute approximate surface area is 174 Å². The summed E-state index contributed by atoms with van der Waals surface area (Å²) in [6, 6.07) is 8.80. The first-order valence-electron chi connectivity index (χ1n) is 8.67. The largest absolute Gasteiger partial charge is 0.494 e. The second-order valence-corrected chi connectivity index (χ2v) is 6.82. The molecule has 0 aliphatic carbocycles. The van der Waals surface area contributed by atoms with Crippen LogP contribution in [0.5, 0.6) is 5.75 Å². The van der Waals surface area contributed by atoms with E-state index in [2.05, 4.69) is 10.4 Å². The molecule has 0 saturated heterocycles. The first-order valence-corrected chi connectivity index (χ1v) is 9.05. The first kappa shape index (κ1) is 21.6. The Morgan fingerprint density at radius 1 is 1.20 bits per heavy atom. The summed E-state index contributed by atoms with van der Waals surface area (Å²) in [4.78, 5) is 12.6. The predicted octanol–water partition coefficient (Wildman–Crippen LogP) is 5.18. The van der Waals surface area contributed by atoms with Crippen molar-refractivity contribution >= 4 is 17.5 Å². The van der Waals surface area contributed by atoms with Crippen molar-refractivity contribution < 1.29 is 27.1 Å². The van der Waals surface area contributed by atoms with Crippen molar-refractivity contribution in [1.82, 2.24) is 15.1 Å². The molecule has 3 aromatic rings. The number of hydrogen-bond acceptors (Lipinski definition) is 3. The highest BCUT2D eigenvalue weighted by Crippen LogP contribution is 2.34. The molecule has 1 amide bonds. The molecule has 158 valence electrons. The Balaban J connectivity index is 1.92. The van der Waals surface area contributed by atoms with Crippen molar-refractivity contribution in [3.63, 3.8) is 0 Å². The van der Waals surface area contributed by atoms with E-state index in [0.717, 1.165) is 12.3 Å². The zero-order valence-electron chi connectivity index (χ0n) is 15.8. The van der Waals surface area contributed by atoms with Crippen LogP contribution in [0, 0.1) is 5.82 Å². The molecule has 1 heterocycles. The van der Waals surface area contributed by atoms with Crippen LogP contribution in [0.25, 0.3) is 5.69 Å². The average molecular weight is 442 g/mol. The number of methoxy groups -OCH3 is 1. The Bertz CT molecular complexity index is 1060. The van der Waals surface area contributed by atoms with Gasteiger partial charge in [-0.15, -0.1) is 0 Å². The number of rotatable bonds is 5. The van der Waals surface area contributed by atoms with E-state index in [1.54, 1.807) is 0 Å². The summed E-state index contributed by atoms with van der Waals surface area (Å²) in [7, 11) is 1.31. The Morgan fingerprint density at radius 2 is 1.87 bits per heavy atom. The monoisotopic (exact) mass is 441 g/mol. The molecule has 2 aromatic carbocycles. The SMILES string of the molecule is COc1ccc(C(C)NC(=O)c2cnn(-c3ccc(Cl)cc3)c2C(F)(F)F)cc1F. The molecule has 0 radical (unpaired) electrons. The third-order valence-corrected chi connectivity index (χ3v) is 4.63. The molecule has 5 nitrogen and oxygen atoms in total. The summed E-state index contributed by atoms with van der Waals surface area (Å²) in [5.74, 6) is -1.63. The lowest BCUT2D eigenvalue weighted by Crippen LogP contribution is -2.29. The average Bonchev–Trinajstić information content (AvgIpc) is 3.14. The summed E-state index contributed by atoms with van der Waals surface area (Å²) < 4.78 is 60.6. The van der Waals surface area contributed by atoms with Gasteiger partial charge in [-0.2, -0.15) is 18.3 Å². The molecule has 1 unspecified atom stereocenters. The molecule has 0 spiro atoms. The van der Waals surface area contributed by atoms with E-state index < -0.39 is 35.2 Å². The van der Waals surface area contributed by atoms with Crippen LogP contribution < -0.4 is 10.1 Å². The quantitative estimate of drug-likeness (QED) is 0.555. The Morgan fingerprint density at radius 3 is 2.43 bits per heavy atom. The number of aromatic nitrogens is 2. The molecule has 3 rings (SSSR count). The van der Waals surface area contributed by atoms with Crippen molar-refractivity contribution in [2.45, 2.75) is 19.1 Å². The number of carbonyl (C=O) groups is 1. The molecular formula is C20H16ClF4N3O2. The molecule has 0 saturated carbocycles. The van der Waals surface area contributed by atoms with Crippen LogP contribution >= 0.6 is 11.6 Å².